The Morgan fingerprint density at radius 1 is 1.07 bits per heavy atom. The van der Waals surface area contributed by atoms with Crippen molar-refractivity contribution >= 4 is 35.0 Å². The quantitative estimate of drug-likeness (QED) is 0.392. The maximum absolute atomic E-state index is 14.3. The average molecular weight is 662 g/mol. The van der Waals surface area contributed by atoms with Gasteiger partial charge in [0.1, 0.15) is 5.60 Å². The molecule has 1 saturated heterocycles. The van der Waals surface area contributed by atoms with Crippen LogP contribution in [0.2, 0.25) is 5.02 Å². The van der Waals surface area contributed by atoms with Gasteiger partial charge < -0.3 is 14.7 Å². The van der Waals surface area contributed by atoms with E-state index in [0.717, 1.165) is 11.1 Å². The minimum absolute atomic E-state index is 0.0876. The van der Waals surface area contributed by atoms with Crippen LogP contribution in [0.25, 0.3) is 5.57 Å². The number of aromatic nitrogens is 2. The van der Waals surface area contributed by atoms with Gasteiger partial charge in [-0.15, -0.1) is 0 Å². The molecule has 46 heavy (non-hydrogen) atoms. The summed E-state index contributed by atoms with van der Waals surface area (Å²) in [6.07, 6.45) is -0.385. The lowest BCUT2D eigenvalue weighted by Gasteiger charge is -2.28. The van der Waals surface area contributed by atoms with Gasteiger partial charge in [0.05, 0.1) is 39.4 Å². The minimum atomic E-state index is -4.56. The maximum atomic E-state index is 14.3. The fourth-order valence-electron chi connectivity index (χ4n) is 7.17. The number of carbonyl (C=O) groups excluding carboxylic acids is 3. The van der Waals surface area contributed by atoms with Crippen molar-refractivity contribution in [1.29, 1.82) is 0 Å². The van der Waals surface area contributed by atoms with E-state index >= 15 is 0 Å². The molecule has 2 heterocycles. The second kappa shape index (κ2) is 11.8. The Morgan fingerprint density at radius 2 is 1.78 bits per heavy atom. The molecule has 8 nitrogen and oxygen atoms in total. The summed E-state index contributed by atoms with van der Waals surface area (Å²) in [6.45, 7) is 6.15. The number of hydrogen-bond acceptors (Lipinski definition) is 6. The fraction of sp³-hybridized carbons (Fsp3) is 0.588. The van der Waals surface area contributed by atoms with Crippen LogP contribution < -0.4 is 0 Å². The van der Waals surface area contributed by atoms with Crippen LogP contribution in [0.1, 0.15) is 98.6 Å². The molecule has 1 amide bonds. The van der Waals surface area contributed by atoms with Crippen molar-refractivity contribution in [3.63, 3.8) is 0 Å². The third-order valence-corrected chi connectivity index (χ3v) is 10.1. The van der Waals surface area contributed by atoms with Crippen molar-refractivity contribution in [3.05, 3.63) is 57.4 Å². The van der Waals surface area contributed by atoms with Crippen molar-refractivity contribution in [2.45, 2.75) is 102 Å². The number of aliphatic hydroxyl groups is 1. The molecule has 0 spiro atoms. The van der Waals surface area contributed by atoms with Gasteiger partial charge in [0.2, 0.25) is 5.91 Å². The number of esters is 1. The number of amides is 1. The predicted octanol–water partition coefficient (Wildman–Crippen LogP) is 6.04. The first-order valence-corrected chi connectivity index (χ1v) is 16.4. The smallest absolute Gasteiger partial charge is 0.398 e. The van der Waals surface area contributed by atoms with Crippen LogP contribution in [0.3, 0.4) is 0 Å². The van der Waals surface area contributed by atoms with E-state index in [9.17, 15) is 32.7 Å². The Morgan fingerprint density at radius 3 is 2.37 bits per heavy atom. The number of nitrogens with zero attached hydrogens (tertiary/aromatic N) is 3. The lowest BCUT2D eigenvalue weighted by molar-refractivity contribution is -0.161. The highest BCUT2D eigenvalue weighted by Crippen LogP contribution is 2.60. The standard InChI is InChI=1S/C34H39ClF3N3O5/c1-32(2,3)46-31(45)20-9-7-19(8-10-20)28-23-12-11-21(29(43)40-16-13-22(42)18-40)17-26(23)41(39-28)30(44)27-24(5-4-6-25(27)35)33(14-15-33)34(36,37)38/h4-7,20-22,42H,8-18H2,1-3H3. The zero-order chi connectivity index (χ0) is 33.2. The zero-order valence-corrected chi connectivity index (χ0v) is 27.0. The first-order chi connectivity index (χ1) is 21.6. The Balaban J connectivity index is 1.38. The molecule has 3 unspecified atom stereocenters. The topological polar surface area (TPSA) is 102 Å². The van der Waals surface area contributed by atoms with Gasteiger partial charge in [0.25, 0.3) is 5.91 Å². The molecule has 1 N–H and O–H groups in total. The summed E-state index contributed by atoms with van der Waals surface area (Å²) in [5, 5.41) is 14.7. The van der Waals surface area contributed by atoms with E-state index < -0.39 is 35.1 Å². The molecule has 1 aliphatic heterocycles. The summed E-state index contributed by atoms with van der Waals surface area (Å²) in [5.74, 6) is -1.94. The van der Waals surface area contributed by atoms with Crippen molar-refractivity contribution in [2.75, 3.05) is 13.1 Å². The molecule has 4 aliphatic rings. The monoisotopic (exact) mass is 661 g/mol. The third-order valence-electron chi connectivity index (χ3n) is 9.78. The van der Waals surface area contributed by atoms with Crippen LogP contribution in [0.5, 0.6) is 0 Å². The van der Waals surface area contributed by atoms with Crippen molar-refractivity contribution in [2.24, 2.45) is 11.8 Å². The van der Waals surface area contributed by atoms with Crippen LogP contribution in [0, 0.1) is 11.8 Å². The number of allylic oxidation sites excluding steroid dienone is 2. The number of ether oxygens (including phenoxy) is 1. The number of aliphatic hydroxyl groups excluding tert-OH is 1. The van der Waals surface area contributed by atoms with E-state index in [4.69, 9.17) is 21.4 Å². The summed E-state index contributed by atoms with van der Waals surface area (Å²) in [4.78, 5) is 42.2. The number of β-amino-alcohol motifs (C(OH)–C–C–N with tert-alkyl or cyclic N) is 1. The SMILES string of the molecule is CC(C)(C)OC(=O)C1CC=C(c2nn(C(=O)c3c(Cl)cccc3C3(C(F)(F)F)CC3)c3c2CCC(C(=O)N2CCC(O)C2)C3)CC1. The van der Waals surface area contributed by atoms with Crippen molar-refractivity contribution < 1.29 is 37.4 Å². The molecule has 1 aromatic heterocycles. The highest BCUT2D eigenvalue weighted by Gasteiger charge is 2.65. The summed E-state index contributed by atoms with van der Waals surface area (Å²) in [7, 11) is 0. The molecule has 1 saturated carbocycles. The van der Waals surface area contributed by atoms with Crippen molar-refractivity contribution in [3.8, 4) is 0 Å². The van der Waals surface area contributed by atoms with Gasteiger partial charge in [-0.05, 0) is 89.3 Å². The Bertz CT molecular complexity index is 1600. The van der Waals surface area contributed by atoms with E-state index in [0.29, 0.717) is 56.5 Å². The van der Waals surface area contributed by atoms with Gasteiger partial charge in [-0.3, -0.25) is 14.4 Å². The molecule has 0 bridgehead atoms. The number of alkyl halides is 3. The first-order valence-electron chi connectivity index (χ1n) is 16.0. The minimum Gasteiger partial charge on any atom is -0.460 e. The van der Waals surface area contributed by atoms with E-state index in [1.54, 1.807) is 4.90 Å². The summed E-state index contributed by atoms with van der Waals surface area (Å²) in [5.41, 5.74) is -0.444. The molecule has 248 valence electrons. The first kappa shape index (κ1) is 32.7. The van der Waals surface area contributed by atoms with E-state index in [1.165, 1.54) is 22.9 Å². The predicted molar refractivity (Wildman–Crippen MR) is 164 cm³/mol. The number of likely N-dealkylation sites (tertiary alicyclic amines) is 1. The number of fused-ring (bicyclic) bond motifs is 1. The van der Waals surface area contributed by atoms with Crippen LogP contribution in [0.15, 0.2) is 24.3 Å². The molecule has 6 rings (SSSR count). The van der Waals surface area contributed by atoms with Gasteiger partial charge in [-0.1, -0.05) is 29.8 Å². The fourth-order valence-corrected chi connectivity index (χ4v) is 7.43. The number of halogens is 4. The summed E-state index contributed by atoms with van der Waals surface area (Å²) >= 11 is 6.50. The van der Waals surface area contributed by atoms with Crippen LogP contribution in [-0.2, 0) is 32.6 Å². The molecule has 3 atom stereocenters. The lowest BCUT2D eigenvalue weighted by Crippen LogP contribution is -2.38. The Labute approximate surface area is 270 Å². The normalized spacial score (nSPS) is 24.3. The summed E-state index contributed by atoms with van der Waals surface area (Å²) < 4.78 is 49.6. The second-order valence-corrected chi connectivity index (χ2v) is 14.5. The van der Waals surface area contributed by atoms with Gasteiger partial charge in [0.15, 0.2) is 0 Å². The van der Waals surface area contributed by atoms with Crippen LogP contribution >= 0.6 is 11.6 Å². The van der Waals surface area contributed by atoms with E-state index in [1.807, 2.05) is 26.8 Å². The Kier molecular flexibility index (Phi) is 8.41. The summed E-state index contributed by atoms with van der Waals surface area (Å²) in [6, 6.07) is 4.16. The van der Waals surface area contributed by atoms with Crippen LogP contribution in [0.4, 0.5) is 13.2 Å². The van der Waals surface area contributed by atoms with Crippen molar-refractivity contribution in [1.82, 2.24) is 14.7 Å². The molecule has 1 aromatic carbocycles. The van der Waals surface area contributed by atoms with Gasteiger partial charge in [-0.2, -0.15) is 23.0 Å². The average Bonchev–Trinajstić information content (AvgIpc) is 3.58. The molecule has 0 radical (unpaired) electrons. The number of benzene rings is 1. The maximum Gasteiger partial charge on any atom is 0.398 e. The number of carbonyl (C=O) groups is 3. The van der Waals surface area contributed by atoms with Gasteiger partial charge >= 0.3 is 12.1 Å². The lowest BCUT2D eigenvalue weighted by atomic mass is 9.82. The van der Waals surface area contributed by atoms with E-state index in [-0.39, 0.29) is 59.8 Å². The highest BCUT2D eigenvalue weighted by atomic mass is 35.5. The van der Waals surface area contributed by atoms with Gasteiger partial charge in [0, 0.05) is 31.0 Å². The zero-order valence-electron chi connectivity index (χ0n) is 26.3. The van der Waals surface area contributed by atoms with Crippen LogP contribution in [-0.4, -0.2) is 68.5 Å². The molecule has 2 fully saturated rings. The third kappa shape index (κ3) is 6.01. The van der Waals surface area contributed by atoms with E-state index in [2.05, 4.69) is 0 Å². The molecule has 12 heteroatoms. The van der Waals surface area contributed by atoms with Gasteiger partial charge in [-0.25, -0.2) is 0 Å². The molecular weight excluding hydrogens is 623 g/mol. The number of hydrogen-bond donors (Lipinski definition) is 1. The molecule has 2 aromatic rings. The second-order valence-electron chi connectivity index (χ2n) is 14.1. The molecule has 3 aliphatic carbocycles. The highest BCUT2D eigenvalue weighted by molar-refractivity contribution is 6.34. The largest absolute Gasteiger partial charge is 0.460 e. The molecular formula is C34H39ClF3N3O5. The Hall–Kier alpha value is -3.18. The number of rotatable bonds is 5.